The van der Waals surface area contributed by atoms with Crippen LogP contribution in [0.25, 0.3) is 0 Å². The van der Waals surface area contributed by atoms with Crippen LogP contribution < -0.4 is 21.1 Å². The zero-order valence-electron chi connectivity index (χ0n) is 43.4. The van der Waals surface area contributed by atoms with E-state index in [1.807, 2.05) is 25.2 Å². The van der Waals surface area contributed by atoms with Gasteiger partial charge in [0.1, 0.15) is 17.9 Å². The van der Waals surface area contributed by atoms with Crippen molar-refractivity contribution in [1.82, 2.24) is 20.4 Å². The summed E-state index contributed by atoms with van der Waals surface area (Å²) < 4.78 is 17.2. The molecule has 0 spiro atoms. The predicted octanol–water partition coefficient (Wildman–Crippen LogP) is 9.15. The number of nitrogens with two attached hydrogens (primary N) is 1. The number of rotatable bonds is 19. The first-order valence-electron chi connectivity index (χ1n) is 25.1. The number of primary amides is 1. The Morgan fingerprint density at radius 1 is 1.11 bits per heavy atom. The number of ether oxygens (including phenoxy) is 3. The van der Waals surface area contributed by atoms with Gasteiger partial charge in [0.15, 0.2) is 0 Å². The van der Waals surface area contributed by atoms with Crippen molar-refractivity contribution in [3.05, 3.63) is 63.9 Å². The molecule has 70 heavy (non-hydrogen) atoms. The van der Waals surface area contributed by atoms with Crippen LogP contribution in [-0.2, 0) is 39.9 Å². The fourth-order valence-corrected chi connectivity index (χ4v) is 10.1. The third-order valence-corrected chi connectivity index (χ3v) is 15.1. The standard InChI is InChI=1S/C31H43ClN2O4.C12H18N2O5S.C7H13NO.C3H8/c1-20(17-22-13-14-25(32)28(18-22)36-5)9-6-7-12-24-19-27(37-30(35)34-24)21(2)29-31(3,38-29)16-15-26(33-4)23-10-8-11-23;1-7(12(18)19)13(2)9(15)4-5-20-8-6-10(16)14(3)11(8)17;8-7(9)6-4-2-1-3-5-6;1-3-2/h6-7,9,13-14,18,21,24,27,29,33H,8,10-12,15-17,19H2,1-5H3,(H,34,35);7-8H,4-6H2,1-3H3,(H,18,19);6H,1-5H2,(H2,8,9);3H2,1-2H3/b7-6+,20-9+;;;/t21-,24?,27?,29?,31+;;;/m1.../s1. The van der Waals surface area contributed by atoms with E-state index in [4.69, 9.17) is 36.7 Å². The van der Waals surface area contributed by atoms with Crippen LogP contribution in [0.5, 0.6) is 5.75 Å². The number of alkyl carbamates (subject to hydrolysis) is 1. The van der Waals surface area contributed by atoms with E-state index >= 15 is 0 Å². The second-order valence-electron chi connectivity index (χ2n) is 19.3. The SMILES string of the molecule is CC(C(=O)O)N(C)C(=O)CCSC1CC(=O)N(C)C1=O.CCC.CNC(CC[C@]1(C)OC1[C@H](C)C1CC(C/C=C/C=C(\C)Cc2ccc(Cl)c(OC)c2)NC(=O)O1)=C1CCC1.NC(=O)C1CCCCC1. The van der Waals surface area contributed by atoms with Gasteiger partial charge >= 0.3 is 12.1 Å². The second-order valence-corrected chi connectivity index (χ2v) is 21.0. The van der Waals surface area contributed by atoms with Crippen molar-refractivity contribution >= 4 is 59.1 Å². The van der Waals surface area contributed by atoms with Crippen LogP contribution in [0.15, 0.2) is 53.3 Å². The second kappa shape index (κ2) is 29.7. The molecule has 0 bridgehead atoms. The topological polar surface area (TPSA) is 210 Å². The molecule has 2 saturated carbocycles. The summed E-state index contributed by atoms with van der Waals surface area (Å²) in [7, 11) is 6.53. The van der Waals surface area contributed by atoms with Gasteiger partial charge in [-0.05, 0) is 96.3 Å². The highest BCUT2D eigenvalue weighted by atomic mass is 35.5. The molecule has 5 amide bonds. The van der Waals surface area contributed by atoms with E-state index in [0.29, 0.717) is 16.5 Å². The predicted molar refractivity (Wildman–Crippen MR) is 278 cm³/mol. The molecule has 17 heteroatoms. The summed E-state index contributed by atoms with van der Waals surface area (Å²) in [5, 5.41) is 15.4. The molecule has 2 aliphatic carbocycles. The number of likely N-dealkylation sites (N-methyl/N-ethyl adjacent to an activating group) is 1. The maximum atomic E-state index is 12.3. The largest absolute Gasteiger partial charge is 0.495 e. The fraction of sp³-hybridized carbons (Fsp3) is 0.660. The summed E-state index contributed by atoms with van der Waals surface area (Å²) in [5.41, 5.74) is 10.3. The van der Waals surface area contributed by atoms with Crippen molar-refractivity contribution in [1.29, 1.82) is 0 Å². The van der Waals surface area contributed by atoms with Gasteiger partial charge in [0.25, 0.3) is 0 Å². The van der Waals surface area contributed by atoms with Crippen molar-refractivity contribution in [2.75, 3.05) is 34.0 Å². The lowest BCUT2D eigenvalue weighted by molar-refractivity contribution is -0.148. The monoisotopic (exact) mass is 1020 g/mol. The number of carboxylic acids is 1. The molecule has 5 unspecified atom stereocenters. The van der Waals surface area contributed by atoms with Crippen molar-refractivity contribution in [3.63, 3.8) is 0 Å². The molecular weight excluding hydrogens is 934 g/mol. The zero-order valence-corrected chi connectivity index (χ0v) is 45.0. The van der Waals surface area contributed by atoms with Crippen molar-refractivity contribution < 1.29 is 48.1 Å². The van der Waals surface area contributed by atoms with E-state index in [2.05, 4.69) is 63.5 Å². The number of methoxy groups -OCH3 is 1. The number of nitrogens with one attached hydrogen (secondary N) is 2. The molecule has 15 nitrogen and oxygen atoms in total. The first-order chi connectivity index (χ1) is 33.2. The summed E-state index contributed by atoms with van der Waals surface area (Å²) in [6.45, 7) is 12.1. The summed E-state index contributed by atoms with van der Waals surface area (Å²) in [6.07, 6.45) is 21.3. The lowest BCUT2D eigenvalue weighted by atomic mass is 9.84. The van der Waals surface area contributed by atoms with Gasteiger partial charge in [-0.2, -0.15) is 0 Å². The number of nitrogens with zero attached hydrogens (tertiary/aromatic N) is 2. The molecule has 392 valence electrons. The van der Waals surface area contributed by atoms with Crippen molar-refractivity contribution in [3.8, 4) is 5.75 Å². The van der Waals surface area contributed by atoms with E-state index in [0.717, 1.165) is 60.3 Å². The Kier molecular flexibility index (Phi) is 25.4. The number of carbonyl (C=O) groups excluding carboxylic acids is 5. The van der Waals surface area contributed by atoms with E-state index in [1.54, 1.807) is 12.7 Å². The van der Waals surface area contributed by atoms with E-state index < -0.39 is 17.3 Å². The van der Waals surface area contributed by atoms with Gasteiger partial charge in [0.05, 0.1) is 29.1 Å². The number of halogens is 1. The number of hydrogen-bond acceptors (Lipinski definition) is 11. The minimum atomic E-state index is -1.06. The van der Waals surface area contributed by atoms with Crippen LogP contribution in [0, 0.1) is 11.8 Å². The van der Waals surface area contributed by atoms with Crippen LogP contribution in [0.4, 0.5) is 4.79 Å². The molecule has 5 fully saturated rings. The van der Waals surface area contributed by atoms with Gasteiger partial charge in [-0.25, -0.2) is 9.59 Å². The molecule has 1 aromatic carbocycles. The number of likely N-dealkylation sites (tertiary alicyclic amines) is 1. The highest BCUT2D eigenvalue weighted by Crippen LogP contribution is 2.48. The minimum absolute atomic E-state index is 0.0541. The van der Waals surface area contributed by atoms with E-state index in [9.17, 15) is 28.8 Å². The van der Waals surface area contributed by atoms with Crippen molar-refractivity contribution in [2.24, 2.45) is 17.6 Å². The minimum Gasteiger partial charge on any atom is -0.495 e. The molecule has 5 N–H and O–H groups in total. The Bertz CT molecular complexity index is 2020. The van der Waals surface area contributed by atoms with Gasteiger partial charge in [-0.15, -0.1) is 11.8 Å². The number of benzene rings is 1. The molecule has 3 heterocycles. The molecule has 1 aromatic rings. The normalized spacial score (nSPS) is 23.9. The average molecular weight is 1020 g/mol. The van der Waals surface area contributed by atoms with Crippen LogP contribution in [0.3, 0.4) is 0 Å². The summed E-state index contributed by atoms with van der Waals surface area (Å²) in [4.78, 5) is 70.6. The first kappa shape index (κ1) is 59.8. The zero-order chi connectivity index (χ0) is 52.1. The highest BCUT2D eigenvalue weighted by Gasteiger charge is 2.57. The number of cyclic esters (lactones) is 1. The number of thioether (sulfide) groups is 1. The van der Waals surface area contributed by atoms with Crippen molar-refractivity contribution in [2.45, 2.75) is 179 Å². The Labute approximate surface area is 426 Å². The van der Waals surface area contributed by atoms with E-state index in [-0.39, 0.29) is 78.3 Å². The average Bonchev–Trinajstić information content (AvgIpc) is 3.94. The fourth-order valence-electron chi connectivity index (χ4n) is 8.78. The number of carbonyl (C=O) groups is 6. The molecule has 5 aliphatic rings. The Balaban J connectivity index is 0.000000335. The van der Waals surface area contributed by atoms with Gasteiger partial charge in [-0.1, -0.05) is 93.5 Å². The lowest BCUT2D eigenvalue weighted by Crippen LogP contribution is -2.48. The number of imide groups is 1. The molecule has 3 saturated heterocycles. The lowest BCUT2D eigenvalue weighted by Gasteiger charge is -2.33. The number of epoxide rings is 1. The molecule has 7 atom stereocenters. The number of amides is 5. The molecule has 0 radical (unpaired) electrons. The Morgan fingerprint density at radius 2 is 1.79 bits per heavy atom. The number of carboxylic acid groups (broad SMARTS) is 1. The van der Waals surface area contributed by atoms with Gasteiger partial charge in [0.2, 0.25) is 23.6 Å². The Morgan fingerprint density at radius 3 is 2.33 bits per heavy atom. The highest BCUT2D eigenvalue weighted by molar-refractivity contribution is 8.00. The summed E-state index contributed by atoms with van der Waals surface area (Å²) in [6, 6.07) is 5.03. The number of aliphatic carboxylic acids is 1. The van der Waals surface area contributed by atoms with Crippen LogP contribution in [0.1, 0.15) is 143 Å². The maximum Gasteiger partial charge on any atom is 0.407 e. The van der Waals surface area contributed by atoms with Gasteiger partial charge in [0, 0.05) is 69.7 Å². The quantitative estimate of drug-likeness (QED) is 0.0581. The van der Waals surface area contributed by atoms with Gasteiger partial charge in [-0.3, -0.25) is 24.1 Å². The number of allylic oxidation sites excluding steroid dienone is 5. The molecule has 0 aromatic heterocycles. The smallest absolute Gasteiger partial charge is 0.407 e. The first-order valence-corrected chi connectivity index (χ1v) is 26.5. The third kappa shape index (κ3) is 18.9. The van der Waals surface area contributed by atoms with E-state index in [1.165, 1.54) is 89.0 Å². The van der Waals surface area contributed by atoms with Crippen LogP contribution in [-0.4, -0.2) is 120 Å². The summed E-state index contributed by atoms with van der Waals surface area (Å²) in [5.74, 6) is -0.483. The molecule has 3 aliphatic heterocycles. The Hall–Kier alpha value is -4.54. The third-order valence-electron chi connectivity index (χ3n) is 13.6. The van der Waals surface area contributed by atoms with Crippen LogP contribution in [0.2, 0.25) is 5.02 Å². The molecular formula is C53H82ClN5O10S. The number of hydrogen-bond donors (Lipinski definition) is 4. The molecule has 6 rings (SSSR count). The van der Waals surface area contributed by atoms with Crippen LogP contribution >= 0.6 is 23.4 Å². The summed E-state index contributed by atoms with van der Waals surface area (Å²) >= 11 is 7.39. The van der Waals surface area contributed by atoms with Gasteiger partial charge < -0.3 is 40.6 Å². The maximum absolute atomic E-state index is 12.3.